The van der Waals surface area contributed by atoms with Gasteiger partial charge in [0.05, 0.1) is 0 Å². The molecular formula is C11H14ClN3O3S. The number of imidazole rings is 1. The lowest BCUT2D eigenvalue weighted by atomic mass is 10.3. The smallest absolute Gasteiger partial charge is 0.259 e. The Morgan fingerprint density at radius 3 is 2.89 bits per heavy atom. The van der Waals surface area contributed by atoms with E-state index in [1.807, 2.05) is 0 Å². The fraction of sp³-hybridized carbons (Fsp3) is 0.364. The number of unbranched alkanes of at least 4 members (excludes halogenated alkanes) is 1. The van der Waals surface area contributed by atoms with Gasteiger partial charge in [0.15, 0.2) is 10.2 Å². The van der Waals surface area contributed by atoms with E-state index in [2.05, 4.69) is 9.71 Å². The molecule has 0 amide bonds. The van der Waals surface area contributed by atoms with Crippen LogP contribution < -0.4 is 4.72 Å². The summed E-state index contributed by atoms with van der Waals surface area (Å²) in [5.41, 5.74) is 0.475. The van der Waals surface area contributed by atoms with E-state index in [1.54, 1.807) is 24.4 Å². The number of aliphatic hydroxyl groups excluding tert-OH is 1. The second-order valence-corrected chi connectivity index (χ2v) is 6.01. The summed E-state index contributed by atoms with van der Waals surface area (Å²) in [6, 6.07) is 5.14. The number of hydrogen-bond donors (Lipinski definition) is 2. The van der Waals surface area contributed by atoms with Crippen LogP contribution in [0.15, 0.2) is 29.4 Å². The number of sulfonamides is 1. The molecule has 0 saturated heterocycles. The number of aliphatic hydroxyl groups is 1. The third-order valence-corrected chi connectivity index (χ3v) is 4.44. The molecule has 2 aromatic heterocycles. The van der Waals surface area contributed by atoms with Crippen molar-refractivity contribution in [2.24, 2.45) is 0 Å². The van der Waals surface area contributed by atoms with Gasteiger partial charge >= 0.3 is 0 Å². The lowest BCUT2D eigenvalue weighted by Gasteiger charge is -2.06. The van der Waals surface area contributed by atoms with E-state index in [0.717, 1.165) is 0 Å². The average molecular weight is 304 g/mol. The summed E-state index contributed by atoms with van der Waals surface area (Å²) in [4.78, 5) is 3.99. The number of rotatable bonds is 6. The lowest BCUT2D eigenvalue weighted by Crippen LogP contribution is -2.26. The quantitative estimate of drug-likeness (QED) is 0.781. The SMILES string of the molecule is O=S(=O)(NCCCCO)c1c(Cl)nc2ccccn12. The Kier molecular flexibility index (Phi) is 4.41. The highest BCUT2D eigenvalue weighted by molar-refractivity contribution is 7.89. The van der Waals surface area contributed by atoms with Crippen molar-refractivity contribution in [1.82, 2.24) is 14.1 Å². The van der Waals surface area contributed by atoms with Gasteiger partial charge in [-0.3, -0.25) is 4.40 Å². The summed E-state index contributed by atoms with van der Waals surface area (Å²) in [6.45, 7) is 0.289. The number of halogens is 1. The maximum absolute atomic E-state index is 12.2. The molecule has 0 unspecified atom stereocenters. The molecule has 0 aliphatic carbocycles. The Bertz CT molecular complexity index is 669. The maximum Gasteiger partial charge on any atom is 0.259 e. The summed E-state index contributed by atoms with van der Waals surface area (Å²) in [5.74, 6) is 0. The molecular weight excluding hydrogens is 290 g/mol. The Labute approximate surface area is 116 Å². The Morgan fingerprint density at radius 2 is 2.16 bits per heavy atom. The molecule has 19 heavy (non-hydrogen) atoms. The van der Waals surface area contributed by atoms with Crippen molar-refractivity contribution in [3.63, 3.8) is 0 Å². The fourth-order valence-electron chi connectivity index (χ4n) is 1.70. The van der Waals surface area contributed by atoms with Gasteiger partial charge in [0, 0.05) is 19.3 Å². The molecule has 0 aliphatic heterocycles. The first-order valence-electron chi connectivity index (χ1n) is 5.79. The molecule has 2 heterocycles. The van der Waals surface area contributed by atoms with Crippen LogP contribution in [0.3, 0.4) is 0 Å². The van der Waals surface area contributed by atoms with Crippen LogP contribution in [0, 0.1) is 0 Å². The van der Waals surface area contributed by atoms with Crippen LogP contribution in [-0.4, -0.2) is 36.1 Å². The van der Waals surface area contributed by atoms with Crippen molar-refractivity contribution >= 4 is 27.3 Å². The van der Waals surface area contributed by atoms with Crippen molar-refractivity contribution in [2.75, 3.05) is 13.2 Å². The Balaban J connectivity index is 2.30. The summed E-state index contributed by atoms with van der Waals surface area (Å²) in [6.07, 6.45) is 2.70. The van der Waals surface area contributed by atoms with Gasteiger partial charge in [0.1, 0.15) is 5.65 Å². The monoisotopic (exact) mass is 303 g/mol. The third kappa shape index (κ3) is 3.06. The van der Waals surface area contributed by atoms with Crippen molar-refractivity contribution in [1.29, 1.82) is 0 Å². The molecule has 0 atom stereocenters. The van der Waals surface area contributed by atoms with Gasteiger partial charge in [0.25, 0.3) is 10.0 Å². The second kappa shape index (κ2) is 5.87. The highest BCUT2D eigenvalue weighted by Crippen LogP contribution is 2.22. The first-order valence-corrected chi connectivity index (χ1v) is 7.65. The van der Waals surface area contributed by atoms with E-state index >= 15 is 0 Å². The molecule has 2 N–H and O–H groups in total. The molecule has 0 saturated carbocycles. The van der Waals surface area contributed by atoms with Crippen LogP contribution in [-0.2, 0) is 10.0 Å². The molecule has 0 aliphatic rings. The van der Waals surface area contributed by atoms with Gasteiger partial charge in [-0.05, 0) is 25.0 Å². The third-order valence-electron chi connectivity index (χ3n) is 2.58. The van der Waals surface area contributed by atoms with E-state index in [9.17, 15) is 8.42 Å². The highest BCUT2D eigenvalue weighted by Gasteiger charge is 2.23. The summed E-state index contributed by atoms with van der Waals surface area (Å²) in [5, 5.41) is 8.54. The fourth-order valence-corrected chi connectivity index (χ4v) is 3.41. The number of nitrogens with one attached hydrogen (secondary N) is 1. The molecule has 8 heteroatoms. The first-order chi connectivity index (χ1) is 9.06. The van der Waals surface area contributed by atoms with E-state index < -0.39 is 10.0 Å². The van der Waals surface area contributed by atoms with Gasteiger partial charge in [-0.15, -0.1) is 0 Å². The average Bonchev–Trinajstić information content (AvgIpc) is 2.71. The zero-order chi connectivity index (χ0) is 13.9. The lowest BCUT2D eigenvalue weighted by molar-refractivity contribution is 0.285. The maximum atomic E-state index is 12.2. The second-order valence-electron chi connectivity index (χ2n) is 3.97. The van der Waals surface area contributed by atoms with Crippen molar-refractivity contribution in [3.05, 3.63) is 29.5 Å². The van der Waals surface area contributed by atoms with E-state index in [1.165, 1.54) is 4.40 Å². The van der Waals surface area contributed by atoms with Crippen LogP contribution in [0.25, 0.3) is 5.65 Å². The number of nitrogens with zero attached hydrogens (tertiary/aromatic N) is 2. The van der Waals surface area contributed by atoms with E-state index in [4.69, 9.17) is 16.7 Å². The zero-order valence-electron chi connectivity index (χ0n) is 10.1. The predicted octanol–water partition coefficient (Wildman–Crippen LogP) is 1.04. The van der Waals surface area contributed by atoms with Gasteiger partial charge in [-0.25, -0.2) is 18.1 Å². The van der Waals surface area contributed by atoms with E-state index in [0.29, 0.717) is 18.5 Å². The minimum atomic E-state index is -3.72. The van der Waals surface area contributed by atoms with Crippen LogP contribution in [0.1, 0.15) is 12.8 Å². The standard InChI is InChI=1S/C11H14ClN3O3S/c12-10-11(15-7-3-1-5-9(15)14-10)19(17,18)13-6-2-4-8-16/h1,3,5,7,13,16H,2,4,6,8H2. The van der Waals surface area contributed by atoms with Crippen LogP contribution in [0.5, 0.6) is 0 Å². The minimum absolute atomic E-state index is 0.0398. The summed E-state index contributed by atoms with van der Waals surface area (Å²) in [7, 11) is -3.72. The van der Waals surface area contributed by atoms with Crippen molar-refractivity contribution in [3.8, 4) is 0 Å². The number of hydrogen-bond acceptors (Lipinski definition) is 4. The molecule has 2 aromatic rings. The van der Waals surface area contributed by atoms with Gasteiger partial charge < -0.3 is 5.11 Å². The van der Waals surface area contributed by atoms with Gasteiger partial charge in [0.2, 0.25) is 0 Å². The minimum Gasteiger partial charge on any atom is -0.396 e. The normalized spacial score (nSPS) is 12.1. The van der Waals surface area contributed by atoms with Crippen LogP contribution in [0.2, 0.25) is 5.15 Å². The number of pyridine rings is 1. The molecule has 104 valence electrons. The van der Waals surface area contributed by atoms with Crippen LogP contribution >= 0.6 is 11.6 Å². The largest absolute Gasteiger partial charge is 0.396 e. The van der Waals surface area contributed by atoms with Gasteiger partial charge in [-0.1, -0.05) is 17.7 Å². The highest BCUT2D eigenvalue weighted by atomic mass is 35.5. The van der Waals surface area contributed by atoms with Crippen molar-refractivity contribution in [2.45, 2.75) is 17.9 Å². The molecule has 0 radical (unpaired) electrons. The zero-order valence-corrected chi connectivity index (χ0v) is 11.7. The van der Waals surface area contributed by atoms with Crippen molar-refractivity contribution < 1.29 is 13.5 Å². The van der Waals surface area contributed by atoms with E-state index in [-0.39, 0.29) is 23.3 Å². The molecule has 0 fully saturated rings. The molecule has 0 bridgehead atoms. The summed E-state index contributed by atoms with van der Waals surface area (Å²) < 4.78 is 28.2. The van der Waals surface area contributed by atoms with Gasteiger partial charge in [-0.2, -0.15) is 0 Å². The predicted molar refractivity (Wildman–Crippen MR) is 71.7 cm³/mol. The Hall–Kier alpha value is -1.15. The topological polar surface area (TPSA) is 83.7 Å². The number of fused-ring (bicyclic) bond motifs is 1. The molecule has 6 nitrogen and oxygen atoms in total. The molecule has 0 spiro atoms. The first kappa shape index (κ1) is 14.3. The number of aromatic nitrogens is 2. The molecule has 0 aromatic carbocycles. The molecule has 2 rings (SSSR count). The van der Waals surface area contributed by atoms with Crippen LogP contribution in [0.4, 0.5) is 0 Å². The summed E-state index contributed by atoms with van der Waals surface area (Å²) >= 11 is 5.90. The Morgan fingerprint density at radius 1 is 1.37 bits per heavy atom.